The van der Waals surface area contributed by atoms with Crippen LogP contribution >= 0.6 is 11.6 Å². The molecule has 2 aromatic rings. The van der Waals surface area contributed by atoms with E-state index in [2.05, 4.69) is 15.0 Å². The van der Waals surface area contributed by atoms with Gasteiger partial charge < -0.3 is 5.32 Å². The van der Waals surface area contributed by atoms with Crippen LogP contribution in [0.2, 0.25) is 5.02 Å². The van der Waals surface area contributed by atoms with Crippen LogP contribution in [0.3, 0.4) is 0 Å². The number of sulfonamides is 1. The van der Waals surface area contributed by atoms with Crippen molar-refractivity contribution in [2.24, 2.45) is 0 Å². The van der Waals surface area contributed by atoms with E-state index in [1.165, 1.54) is 37.4 Å². The van der Waals surface area contributed by atoms with E-state index in [0.29, 0.717) is 0 Å². The molecule has 0 fully saturated rings. The van der Waals surface area contributed by atoms with Crippen LogP contribution in [0.1, 0.15) is 12.5 Å². The van der Waals surface area contributed by atoms with Crippen molar-refractivity contribution in [3.8, 4) is 0 Å². The number of hydrogen-bond acceptors (Lipinski definition) is 4. The first-order valence-corrected chi connectivity index (χ1v) is 8.74. The summed E-state index contributed by atoms with van der Waals surface area (Å²) in [6.07, 6.45) is -3.37. The summed E-state index contributed by atoms with van der Waals surface area (Å²) < 4.78 is 64.2. The van der Waals surface area contributed by atoms with Crippen LogP contribution in [-0.4, -0.2) is 19.2 Å². The molecule has 0 atom stereocenters. The molecule has 5 nitrogen and oxygen atoms in total. The molecule has 0 unspecified atom stereocenters. The summed E-state index contributed by atoms with van der Waals surface area (Å²) in [6.45, 7) is 1.48. The van der Waals surface area contributed by atoms with Crippen LogP contribution < -0.4 is 10.0 Å². The molecule has 0 spiro atoms. The van der Waals surface area contributed by atoms with Gasteiger partial charge in [0.05, 0.1) is 28.9 Å². The van der Waals surface area contributed by atoms with Crippen LogP contribution in [0.4, 0.5) is 30.4 Å². The molecule has 0 saturated carbocycles. The number of aromatic nitrogens is 1. The van der Waals surface area contributed by atoms with Crippen molar-refractivity contribution in [1.82, 2.24) is 4.98 Å². The molecular formula is C14H13ClF3N3O2S. The normalized spacial score (nSPS) is 12.0. The van der Waals surface area contributed by atoms with Crippen molar-refractivity contribution < 1.29 is 21.6 Å². The monoisotopic (exact) mass is 379 g/mol. The Morgan fingerprint density at radius 3 is 2.46 bits per heavy atom. The Balaban J connectivity index is 2.24. The molecule has 0 aliphatic rings. The molecule has 24 heavy (non-hydrogen) atoms. The number of benzene rings is 1. The van der Waals surface area contributed by atoms with Gasteiger partial charge in [-0.05, 0) is 37.3 Å². The van der Waals surface area contributed by atoms with Gasteiger partial charge in [0, 0.05) is 5.02 Å². The maximum absolute atomic E-state index is 13.0. The number of pyridine rings is 1. The van der Waals surface area contributed by atoms with Gasteiger partial charge in [0.2, 0.25) is 10.0 Å². The van der Waals surface area contributed by atoms with Crippen LogP contribution in [0.15, 0.2) is 36.5 Å². The number of halogens is 4. The predicted molar refractivity (Wildman–Crippen MR) is 87.1 cm³/mol. The summed E-state index contributed by atoms with van der Waals surface area (Å²) in [7, 11) is -3.45. The van der Waals surface area contributed by atoms with E-state index in [9.17, 15) is 21.6 Å². The number of nitrogens with zero attached hydrogens (tertiary/aromatic N) is 1. The summed E-state index contributed by atoms with van der Waals surface area (Å²) in [5.41, 5.74) is -0.914. The standard InChI is InChI=1S/C14H13ClF3N3O2S/c1-2-24(22,23)21-10-4-6-13(19-8-10)20-12-5-3-9(15)7-11(12)14(16,17)18/h3-8,21H,2H2,1H3,(H,19,20). The van der Waals surface area contributed by atoms with Crippen LogP contribution in [0.5, 0.6) is 0 Å². The summed E-state index contributed by atoms with van der Waals surface area (Å²) in [4.78, 5) is 3.90. The average Bonchev–Trinajstić information content (AvgIpc) is 2.50. The van der Waals surface area contributed by atoms with E-state index < -0.39 is 21.8 Å². The molecule has 1 heterocycles. The fourth-order valence-electron chi connectivity index (χ4n) is 1.78. The third-order valence-electron chi connectivity index (χ3n) is 2.97. The van der Waals surface area contributed by atoms with Gasteiger partial charge in [0.15, 0.2) is 0 Å². The smallest absolute Gasteiger partial charge is 0.340 e. The highest BCUT2D eigenvalue weighted by molar-refractivity contribution is 7.92. The number of alkyl halides is 3. The Morgan fingerprint density at radius 1 is 1.21 bits per heavy atom. The molecule has 1 aromatic heterocycles. The van der Waals surface area contributed by atoms with Crippen LogP contribution in [0.25, 0.3) is 0 Å². The highest BCUT2D eigenvalue weighted by Crippen LogP contribution is 2.37. The Hall–Kier alpha value is -2.00. The van der Waals surface area contributed by atoms with Gasteiger partial charge in [-0.1, -0.05) is 11.6 Å². The summed E-state index contributed by atoms with van der Waals surface area (Å²) >= 11 is 5.61. The van der Waals surface area contributed by atoms with Gasteiger partial charge in [0.25, 0.3) is 0 Å². The molecule has 1 aromatic carbocycles. The highest BCUT2D eigenvalue weighted by atomic mass is 35.5. The van der Waals surface area contributed by atoms with Gasteiger partial charge in [-0.3, -0.25) is 4.72 Å². The molecule has 0 bridgehead atoms. The van der Waals surface area contributed by atoms with Gasteiger partial charge in [-0.25, -0.2) is 13.4 Å². The molecular weight excluding hydrogens is 367 g/mol. The minimum Gasteiger partial charge on any atom is -0.340 e. The van der Waals surface area contributed by atoms with Crippen LogP contribution in [-0.2, 0) is 16.2 Å². The lowest BCUT2D eigenvalue weighted by molar-refractivity contribution is -0.136. The van der Waals surface area contributed by atoms with Crippen molar-refractivity contribution in [2.45, 2.75) is 13.1 Å². The summed E-state index contributed by atoms with van der Waals surface area (Å²) in [5, 5.41) is 2.51. The van der Waals surface area contributed by atoms with Gasteiger partial charge in [-0.2, -0.15) is 13.2 Å². The third kappa shape index (κ3) is 4.75. The predicted octanol–water partition coefficient (Wildman–Crippen LogP) is 4.26. The average molecular weight is 380 g/mol. The zero-order valence-corrected chi connectivity index (χ0v) is 13.9. The number of nitrogens with one attached hydrogen (secondary N) is 2. The van der Waals surface area contributed by atoms with Crippen molar-refractivity contribution in [3.05, 3.63) is 47.1 Å². The second-order valence-corrected chi connectivity index (χ2v) is 7.20. The van der Waals surface area contributed by atoms with Crippen LogP contribution in [0, 0.1) is 0 Å². The lowest BCUT2D eigenvalue weighted by Crippen LogP contribution is -2.14. The molecule has 0 radical (unpaired) electrons. The van der Waals surface area contributed by atoms with E-state index in [1.807, 2.05) is 0 Å². The van der Waals surface area contributed by atoms with Crippen molar-refractivity contribution in [1.29, 1.82) is 0 Å². The topological polar surface area (TPSA) is 71.1 Å². The minimum atomic E-state index is -4.58. The van der Waals surface area contributed by atoms with E-state index in [-0.39, 0.29) is 28.0 Å². The Morgan fingerprint density at radius 2 is 1.92 bits per heavy atom. The number of hydrogen-bond donors (Lipinski definition) is 2. The SMILES string of the molecule is CCS(=O)(=O)Nc1ccc(Nc2ccc(Cl)cc2C(F)(F)F)nc1. The lowest BCUT2D eigenvalue weighted by atomic mass is 10.1. The minimum absolute atomic E-state index is 0.0369. The maximum Gasteiger partial charge on any atom is 0.418 e. The molecule has 0 aliphatic heterocycles. The highest BCUT2D eigenvalue weighted by Gasteiger charge is 2.33. The molecule has 2 rings (SSSR count). The first-order valence-electron chi connectivity index (χ1n) is 6.71. The zero-order valence-electron chi connectivity index (χ0n) is 12.4. The van der Waals surface area contributed by atoms with E-state index >= 15 is 0 Å². The number of rotatable bonds is 5. The van der Waals surface area contributed by atoms with Crippen molar-refractivity contribution in [2.75, 3.05) is 15.8 Å². The van der Waals surface area contributed by atoms with E-state index in [0.717, 1.165) is 6.07 Å². The molecule has 0 aliphatic carbocycles. The first-order chi connectivity index (χ1) is 11.1. The van der Waals surface area contributed by atoms with Gasteiger partial charge >= 0.3 is 6.18 Å². The van der Waals surface area contributed by atoms with E-state index in [1.54, 1.807) is 0 Å². The number of anilines is 3. The van der Waals surface area contributed by atoms with Crippen molar-refractivity contribution in [3.63, 3.8) is 0 Å². The molecule has 2 N–H and O–H groups in total. The molecule has 0 saturated heterocycles. The summed E-state index contributed by atoms with van der Waals surface area (Å²) in [6, 6.07) is 6.09. The van der Waals surface area contributed by atoms with E-state index in [4.69, 9.17) is 11.6 Å². The fourth-order valence-corrected chi connectivity index (χ4v) is 2.57. The molecule has 0 amide bonds. The Kier molecular flexibility index (Phi) is 5.24. The fraction of sp³-hybridized carbons (Fsp3) is 0.214. The first kappa shape index (κ1) is 18.3. The quantitative estimate of drug-likeness (QED) is 0.814. The maximum atomic E-state index is 13.0. The summed E-state index contributed by atoms with van der Waals surface area (Å²) in [5.74, 6) is 0.0227. The second-order valence-electron chi connectivity index (χ2n) is 4.75. The third-order valence-corrected chi connectivity index (χ3v) is 4.51. The largest absolute Gasteiger partial charge is 0.418 e. The molecule has 10 heteroatoms. The molecule has 130 valence electrons. The zero-order chi connectivity index (χ0) is 18.0. The lowest BCUT2D eigenvalue weighted by Gasteiger charge is -2.14. The van der Waals surface area contributed by atoms with Gasteiger partial charge in [-0.15, -0.1) is 0 Å². The second kappa shape index (κ2) is 6.86. The Bertz CT molecular complexity index is 824. The van der Waals surface area contributed by atoms with Gasteiger partial charge in [0.1, 0.15) is 5.82 Å². The van der Waals surface area contributed by atoms with Crippen molar-refractivity contribution >= 4 is 38.8 Å². The Labute approximate surface area is 141 Å².